The lowest BCUT2D eigenvalue weighted by Gasteiger charge is -2.19. The van der Waals surface area contributed by atoms with Crippen LogP contribution in [-0.2, 0) is 18.0 Å². The average molecular weight is 431 g/mol. The first-order chi connectivity index (χ1) is 14.7. The molecule has 0 amide bonds. The molecule has 31 heavy (non-hydrogen) atoms. The summed E-state index contributed by atoms with van der Waals surface area (Å²) in [6.45, 7) is 8.27. The zero-order chi connectivity index (χ0) is 22.7. The number of hydrogen-bond donors (Lipinski definition) is 0. The number of carbonyl (C=O) groups excluding carboxylic acids is 1. The van der Waals surface area contributed by atoms with E-state index in [0.717, 1.165) is 39.1 Å². The normalized spacial score (nSPS) is 11.5. The van der Waals surface area contributed by atoms with Crippen molar-refractivity contribution in [2.24, 2.45) is 0 Å². The lowest BCUT2D eigenvalue weighted by atomic mass is 10.1. The monoisotopic (exact) mass is 431 g/mol. The van der Waals surface area contributed by atoms with Crippen LogP contribution < -0.4 is 0 Å². The van der Waals surface area contributed by atoms with E-state index in [0.29, 0.717) is 6.54 Å². The fourth-order valence-electron chi connectivity index (χ4n) is 3.59. The second-order valence-electron chi connectivity index (χ2n) is 7.47. The Morgan fingerprint density at radius 2 is 1.94 bits per heavy atom. The van der Waals surface area contributed by atoms with Gasteiger partial charge in [0.25, 0.3) is 6.43 Å². The van der Waals surface area contributed by atoms with E-state index < -0.39 is 18.1 Å². The summed E-state index contributed by atoms with van der Waals surface area (Å²) in [4.78, 5) is 13.8. The summed E-state index contributed by atoms with van der Waals surface area (Å²) in [7, 11) is 1.81. The van der Waals surface area contributed by atoms with Gasteiger partial charge in [-0.1, -0.05) is 18.2 Å². The van der Waals surface area contributed by atoms with Crippen LogP contribution >= 0.6 is 0 Å². The minimum atomic E-state index is -2.84. The van der Waals surface area contributed by atoms with Gasteiger partial charge in [-0.3, -0.25) is 4.90 Å². The topological polar surface area (TPSA) is 65.2 Å². The number of alkyl halides is 2. The molecule has 0 saturated heterocycles. The number of halogens is 2. The molecule has 3 aromatic rings. The Balaban J connectivity index is 1.83. The average Bonchev–Trinajstić information content (AvgIpc) is 3.25. The molecular formula is C22H27F2N5O2. The van der Waals surface area contributed by atoms with Gasteiger partial charge in [0.2, 0.25) is 0 Å². The van der Waals surface area contributed by atoms with Gasteiger partial charge in [0.15, 0.2) is 0 Å². The first-order valence-corrected chi connectivity index (χ1v) is 10.0. The van der Waals surface area contributed by atoms with Gasteiger partial charge in [-0.25, -0.2) is 22.9 Å². The lowest BCUT2D eigenvalue weighted by molar-refractivity contribution is 0.0512. The molecule has 9 heteroatoms. The van der Waals surface area contributed by atoms with Crippen molar-refractivity contribution >= 4 is 5.97 Å². The molecule has 2 aromatic heterocycles. The van der Waals surface area contributed by atoms with Gasteiger partial charge in [-0.2, -0.15) is 10.2 Å². The summed E-state index contributed by atoms with van der Waals surface area (Å²) in [5.74, 6) is -0.794. The van der Waals surface area contributed by atoms with E-state index in [1.165, 1.54) is 0 Å². The highest BCUT2D eigenvalue weighted by Crippen LogP contribution is 2.25. The van der Waals surface area contributed by atoms with Crippen molar-refractivity contribution in [1.29, 1.82) is 0 Å². The summed E-state index contributed by atoms with van der Waals surface area (Å²) in [6, 6.07) is 7.99. The maximum atomic E-state index is 13.7. The third kappa shape index (κ3) is 4.66. The van der Waals surface area contributed by atoms with Crippen molar-refractivity contribution in [2.75, 3.05) is 13.7 Å². The van der Waals surface area contributed by atoms with E-state index in [2.05, 4.69) is 10.2 Å². The van der Waals surface area contributed by atoms with Crippen LogP contribution in [0.4, 0.5) is 8.78 Å². The van der Waals surface area contributed by atoms with Crippen molar-refractivity contribution < 1.29 is 18.3 Å². The molecule has 0 atom stereocenters. The van der Waals surface area contributed by atoms with Gasteiger partial charge in [0.1, 0.15) is 11.3 Å². The molecule has 3 rings (SSSR count). The Labute approximate surface area is 180 Å². The molecule has 0 bridgehead atoms. The van der Waals surface area contributed by atoms with Crippen LogP contribution in [0.15, 0.2) is 30.5 Å². The smallest absolute Gasteiger partial charge is 0.341 e. The Morgan fingerprint density at radius 3 is 2.58 bits per heavy atom. The second kappa shape index (κ2) is 9.38. The van der Waals surface area contributed by atoms with Crippen molar-refractivity contribution in [3.05, 3.63) is 64.2 Å². The van der Waals surface area contributed by atoms with Gasteiger partial charge < -0.3 is 4.74 Å². The third-order valence-corrected chi connectivity index (χ3v) is 5.17. The van der Waals surface area contributed by atoms with Crippen LogP contribution in [0.1, 0.15) is 51.9 Å². The van der Waals surface area contributed by atoms with Crippen LogP contribution in [0, 0.1) is 20.8 Å². The van der Waals surface area contributed by atoms with Gasteiger partial charge in [-0.05, 0) is 46.4 Å². The Kier molecular flexibility index (Phi) is 6.84. The predicted molar refractivity (Wildman–Crippen MR) is 112 cm³/mol. The summed E-state index contributed by atoms with van der Waals surface area (Å²) < 4.78 is 35.2. The van der Waals surface area contributed by atoms with Crippen LogP contribution in [0.2, 0.25) is 0 Å². The molecule has 1 aromatic carbocycles. The molecule has 0 radical (unpaired) electrons. The van der Waals surface area contributed by atoms with E-state index in [9.17, 15) is 13.6 Å². The number of esters is 1. The first kappa shape index (κ1) is 22.6. The summed E-state index contributed by atoms with van der Waals surface area (Å²) in [5.41, 5.74) is 4.34. The van der Waals surface area contributed by atoms with E-state index in [1.807, 2.05) is 61.7 Å². The molecule has 7 nitrogen and oxygen atoms in total. The third-order valence-electron chi connectivity index (χ3n) is 5.17. The number of carbonyl (C=O) groups is 1. The Morgan fingerprint density at radius 1 is 1.23 bits per heavy atom. The minimum Gasteiger partial charge on any atom is -0.462 e. The van der Waals surface area contributed by atoms with Gasteiger partial charge in [0, 0.05) is 17.8 Å². The van der Waals surface area contributed by atoms with Gasteiger partial charge in [-0.15, -0.1) is 0 Å². The van der Waals surface area contributed by atoms with Crippen molar-refractivity contribution in [3.8, 4) is 5.69 Å². The molecule has 0 fully saturated rings. The number of aromatic nitrogens is 4. The lowest BCUT2D eigenvalue weighted by Crippen LogP contribution is -2.24. The quantitative estimate of drug-likeness (QED) is 0.500. The second-order valence-corrected chi connectivity index (χ2v) is 7.47. The molecular weight excluding hydrogens is 404 g/mol. The van der Waals surface area contributed by atoms with Crippen molar-refractivity contribution in [3.63, 3.8) is 0 Å². The fraction of sp³-hybridized carbons (Fsp3) is 0.409. The zero-order valence-corrected chi connectivity index (χ0v) is 18.4. The van der Waals surface area contributed by atoms with Gasteiger partial charge >= 0.3 is 5.97 Å². The van der Waals surface area contributed by atoms with Crippen LogP contribution in [0.25, 0.3) is 5.69 Å². The fourth-order valence-corrected chi connectivity index (χ4v) is 3.59. The molecule has 0 aliphatic heterocycles. The molecule has 0 unspecified atom stereocenters. The number of para-hydroxylation sites is 1. The molecule has 0 spiro atoms. The molecule has 2 heterocycles. The summed E-state index contributed by atoms with van der Waals surface area (Å²) >= 11 is 0. The van der Waals surface area contributed by atoms with Crippen molar-refractivity contribution in [2.45, 2.75) is 47.3 Å². The number of ether oxygens (including phenoxy) is 1. The number of rotatable bonds is 8. The SMILES string of the molecule is CCOC(=O)c1cnn(CN(C)Cc2c(C)nn(-c3ccccc3C)c2C)c1C(F)F. The molecule has 166 valence electrons. The van der Waals surface area contributed by atoms with E-state index >= 15 is 0 Å². The maximum absolute atomic E-state index is 13.7. The summed E-state index contributed by atoms with van der Waals surface area (Å²) in [6.07, 6.45) is -1.71. The van der Waals surface area contributed by atoms with Crippen LogP contribution in [0.5, 0.6) is 0 Å². The molecule has 0 aliphatic carbocycles. The Bertz CT molecular complexity index is 1070. The van der Waals surface area contributed by atoms with E-state index in [-0.39, 0.29) is 18.8 Å². The Hall–Kier alpha value is -3.07. The van der Waals surface area contributed by atoms with Crippen LogP contribution in [0.3, 0.4) is 0 Å². The first-order valence-electron chi connectivity index (χ1n) is 10.0. The maximum Gasteiger partial charge on any atom is 0.341 e. The van der Waals surface area contributed by atoms with E-state index in [1.54, 1.807) is 6.92 Å². The van der Waals surface area contributed by atoms with Crippen molar-refractivity contribution in [1.82, 2.24) is 24.5 Å². The number of aryl methyl sites for hydroxylation is 2. The number of hydrogen-bond acceptors (Lipinski definition) is 5. The summed E-state index contributed by atoms with van der Waals surface area (Å²) in [5, 5.41) is 8.69. The molecule has 0 saturated carbocycles. The predicted octanol–water partition coefficient (Wildman–Crippen LogP) is 4.20. The minimum absolute atomic E-state index is 0.0908. The molecule has 0 N–H and O–H groups in total. The highest BCUT2D eigenvalue weighted by atomic mass is 19.3. The zero-order valence-electron chi connectivity index (χ0n) is 18.4. The van der Waals surface area contributed by atoms with Gasteiger partial charge in [0.05, 0.1) is 30.9 Å². The largest absolute Gasteiger partial charge is 0.462 e. The highest BCUT2D eigenvalue weighted by molar-refractivity contribution is 5.90. The van der Waals surface area contributed by atoms with Crippen LogP contribution in [-0.4, -0.2) is 44.1 Å². The standard InChI is InChI=1S/C22H27F2N5O2/c1-6-31-22(30)17-11-25-28(20(17)21(23)24)13-27(5)12-18-15(3)26-29(16(18)4)19-10-8-7-9-14(19)2/h7-11,21H,6,12-13H2,1-5H3. The number of nitrogens with zero attached hydrogens (tertiary/aromatic N) is 5. The molecule has 0 aliphatic rings. The highest BCUT2D eigenvalue weighted by Gasteiger charge is 2.26. The number of benzene rings is 1. The van der Waals surface area contributed by atoms with E-state index in [4.69, 9.17) is 4.74 Å².